The molecule has 0 aliphatic carbocycles. The van der Waals surface area contributed by atoms with Crippen molar-refractivity contribution in [1.29, 1.82) is 0 Å². The molecule has 0 bridgehead atoms. The first kappa shape index (κ1) is 75.9. The third kappa shape index (κ3) is 19.3. The molecule has 0 atom stereocenters. The van der Waals surface area contributed by atoms with Crippen molar-refractivity contribution in [2.24, 2.45) is 0 Å². The molecule has 0 aliphatic rings. The summed E-state index contributed by atoms with van der Waals surface area (Å²) in [6, 6.07) is 30.8. The van der Waals surface area contributed by atoms with E-state index in [1.54, 1.807) is 38.1 Å². The summed E-state index contributed by atoms with van der Waals surface area (Å²) >= 11 is 0. The second-order valence-corrected chi connectivity index (χ2v) is 19.5. The fourth-order valence-corrected chi connectivity index (χ4v) is 9.16. The van der Waals surface area contributed by atoms with E-state index in [1.807, 2.05) is 60.7 Å². The Hall–Kier alpha value is -8.35. The highest BCUT2D eigenvalue weighted by atomic mass is 19.1. The molecule has 0 aliphatic heterocycles. The topological polar surface area (TPSA) is 465 Å². The van der Waals surface area contributed by atoms with Gasteiger partial charge in [0.2, 0.25) is 0 Å². The van der Waals surface area contributed by atoms with Gasteiger partial charge in [0, 0.05) is 77.9 Å². The van der Waals surface area contributed by atoms with Gasteiger partial charge in [0.25, 0.3) is 0 Å². The lowest BCUT2D eigenvalue weighted by atomic mass is 9.92. The lowest BCUT2D eigenvalue weighted by Crippen LogP contribution is -2.04. The summed E-state index contributed by atoms with van der Waals surface area (Å²) < 4.78 is 12.6. The van der Waals surface area contributed by atoms with Crippen LogP contribution in [0.4, 0.5) is 4.39 Å². The molecule has 90 heavy (non-hydrogen) atoms. The quantitative estimate of drug-likeness (QED) is 0.0539. The summed E-state index contributed by atoms with van der Waals surface area (Å²) in [7, 11) is 0. The van der Waals surface area contributed by atoms with Crippen molar-refractivity contribution >= 4 is 0 Å². The average molecular weight is 1260 g/mol. The number of aromatic hydroxyl groups is 7. The number of aliphatic hydroxyl groups is 16. The van der Waals surface area contributed by atoms with Crippen LogP contribution in [-0.2, 0) is 106 Å². The molecule has 0 fully saturated rings. The van der Waals surface area contributed by atoms with Gasteiger partial charge in [-0.1, -0.05) is 60.7 Å². The van der Waals surface area contributed by atoms with E-state index in [2.05, 4.69) is 0 Å². The zero-order valence-corrected chi connectivity index (χ0v) is 49.4. The molecule has 0 saturated heterocycles. The van der Waals surface area contributed by atoms with Crippen LogP contribution in [0.2, 0.25) is 0 Å². The van der Waals surface area contributed by atoms with Crippen LogP contribution in [0.5, 0.6) is 40.2 Å². The SMILES string of the molecule is Cc1c(CO)c(C)c(CO)c(O)c1CO.OCc1c(O)c(CO)c(CO)c(O)c1CO.OCc1cc(-c2ccccc2)cc(CO)c1O.OCc1cc(CO)c(O)c(-c2ccccc2)c1.OCc1cc(CO)c(O)c(CO)c1.OCc1cc(F)cc(CO)c1O. The molecule has 0 spiro atoms. The maximum absolute atomic E-state index is 12.6. The van der Waals surface area contributed by atoms with E-state index < -0.39 is 57.0 Å². The Labute approximate surface area is 517 Å². The molecule has 8 rings (SSSR count). The number of hydrogen-bond acceptors (Lipinski definition) is 23. The predicted molar refractivity (Wildman–Crippen MR) is 325 cm³/mol. The van der Waals surface area contributed by atoms with Gasteiger partial charge in [0.15, 0.2) is 0 Å². The fraction of sp³-hybridized carbons (Fsp3) is 0.273. The third-order valence-corrected chi connectivity index (χ3v) is 14.2. The maximum atomic E-state index is 12.6. The van der Waals surface area contributed by atoms with Crippen molar-refractivity contribution in [3.8, 4) is 62.5 Å². The van der Waals surface area contributed by atoms with E-state index in [-0.39, 0.29) is 128 Å². The van der Waals surface area contributed by atoms with E-state index in [4.69, 9.17) is 76.6 Å². The summed E-state index contributed by atoms with van der Waals surface area (Å²) in [5.74, 6) is -1.82. The number of phenols is 7. The summed E-state index contributed by atoms with van der Waals surface area (Å²) in [5, 5.41) is 211. The van der Waals surface area contributed by atoms with Crippen molar-refractivity contribution in [2.75, 3.05) is 0 Å². The average Bonchev–Trinajstić information content (AvgIpc) is 1.10. The first-order chi connectivity index (χ1) is 43.1. The molecule has 0 aromatic heterocycles. The van der Waals surface area contributed by atoms with Crippen molar-refractivity contribution in [3.63, 3.8) is 0 Å². The predicted octanol–water partition coefficient (Wildman–Crippen LogP) is 4.03. The molecule has 24 heteroatoms. The van der Waals surface area contributed by atoms with Crippen molar-refractivity contribution in [2.45, 2.75) is 120 Å². The van der Waals surface area contributed by atoms with Crippen molar-refractivity contribution in [1.82, 2.24) is 0 Å². The lowest BCUT2D eigenvalue weighted by molar-refractivity contribution is 0.233. The van der Waals surface area contributed by atoms with Gasteiger partial charge < -0.3 is 117 Å². The van der Waals surface area contributed by atoms with Crippen LogP contribution in [0.3, 0.4) is 0 Å². The minimum atomic E-state index is -0.589. The molecular weight excluding hydrogens is 1180 g/mol. The van der Waals surface area contributed by atoms with Crippen LogP contribution in [0.25, 0.3) is 22.3 Å². The van der Waals surface area contributed by atoms with Gasteiger partial charge in [-0.3, -0.25) is 0 Å². The number of hydrogen-bond donors (Lipinski definition) is 23. The lowest BCUT2D eigenvalue weighted by Gasteiger charge is -2.17. The van der Waals surface area contributed by atoms with Gasteiger partial charge in [0.05, 0.1) is 106 Å². The minimum Gasteiger partial charge on any atom is -0.507 e. The number of benzene rings is 8. The van der Waals surface area contributed by atoms with Crippen LogP contribution in [-0.4, -0.2) is 117 Å². The Morgan fingerprint density at radius 2 is 0.511 bits per heavy atom. The number of aliphatic hydroxyl groups excluding tert-OH is 16. The standard InChI is InChI=1S/2C14H14O3.C11H16O4.C10H14O6.C9H12O4.C8H9FO3/c15-8-10-6-12(9-16)14(17)13(7-10)11-4-2-1-3-5-11;15-8-12-6-11(7-13(9-16)14(12)17)10-4-2-1-3-5-10;1-6-8(3-12)7(2)10(5-14)11(15)9(6)4-13;11-1-5-6(2-12)10(16)8(4-14)7(3-13)9(5)15;10-3-6-1-7(4-11)9(13)8(2-6)5-12;9-7-1-5(3-10)8(12)6(2-7)4-11/h2*1-7,15-17H,8-9H2;12-15H,3-5H2,1-2H3;11-16H,1-4H2;1-2,10-13H,3-5H2;1-2,10-12H,3-4H2. The number of rotatable bonds is 18. The maximum Gasteiger partial charge on any atom is 0.128 e. The van der Waals surface area contributed by atoms with Crippen LogP contribution in [0.15, 0.2) is 109 Å². The largest absolute Gasteiger partial charge is 0.507 e. The minimum absolute atomic E-state index is 0.0327. The van der Waals surface area contributed by atoms with Crippen LogP contribution in [0, 0.1) is 19.7 Å². The smallest absolute Gasteiger partial charge is 0.128 e. The first-order valence-corrected chi connectivity index (χ1v) is 27.4. The van der Waals surface area contributed by atoms with E-state index in [0.29, 0.717) is 72.3 Å². The molecule has 8 aromatic carbocycles. The zero-order chi connectivity index (χ0) is 67.4. The summed E-state index contributed by atoms with van der Waals surface area (Å²) in [5.41, 5.74) is 9.17. The molecule has 23 N–H and O–H groups in total. The molecule has 0 radical (unpaired) electrons. The first-order valence-electron chi connectivity index (χ1n) is 27.4. The molecule has 23 nitrogen and oxygen atoms in total. The Morgan fingerprint density at radius 3 is 0.811 bits per heavy atom. The summed E-state index contributed by atoms with van der Waals surface area (Å²) in [4.78, 5) is 0. The highest BCUT2D eigenvalue weighted by molar-refractivity contribution is 5.73. The molecule has 488 valence electrons. The van der Waals surface area contributed by atoms with E-state index in [1.165, 1.54) is 12.1 Å². The Morgan fingerprint density at radius 1 is 0.244 bits per heavy atom. The third-order valence-electron chi connectivity index (χ3n) is 14.2. The van der Waals surface area contributed by atoms with E-state index in [9.17, 15) is 45.2 Å². The van der Waals surface area contributed by atoms with E-state index in [0.717, 1.165) is 28.8 Å². The normalized spacial score (nSPS) is 10.5. The molecule has 0 saturated carbocycles. The van der Waals surface area contributed by atoms with Crippen LogP contribution >= 0.6 is 0 Å². The highest BCUT2D eigenvalue weighted by Gasteiger charge is 2.22. The van der Waals surface area contributed by atoms with Crippen LogP contribution < -0.4 is 0 Å². The molecular formula is C66H79FO23. The van der Waals surface area contributed by atoms with Crippen molar-refractivity contribution < 1.29 is 122 Å². The van der Waals surface area contributed by atoms with Gasteiger partial charge in [-0.15, -0.1) is 0 Å². The zero-order valence-electron chi connectivity index (χ0n) is 49.4. The van der Waals surface area contributed by atoms with E-state index >= 15 is 0 Å². The summed E-state index contributed by atoms with van der Waals surface area (Å²) in [6.45, 7) is -2.26. The fourth-order valence-electron chi connectivity index (χ4n) is 9.16. The highest BCUT2D eigenvalue weighted by Crippen LogP contribution is 2.39. The second kappa shape index (κ2) is 38.3. The van der Waals surface area contributed by atoms with Crippen molar-refractivity contribution in [3.05, 3.63) is 215 Å². The monoisotopic (exact) mass is 1260 g/mol. The molecule has 0 amide bonds. The molecule has 0 unspecified atom stereocenters. The van der Waals surface area contributed by atoms with Gasteiger partial charge in [0.1, 0.15) is 46.1 Å². The Balaban J connectivity index is 0.000000283. The van der Waals surface area contributed by atoms with Gasteiger partial charge in [-0.2, -0.15) is 0 Å². The summed E-state index contributed by atoms with van der Waals surface area (Å²) in [6.07, 6.45) is 0. The molecule has 8 aromatic rings. The van der Waals surface area contributed by atoms with Gasteiger partial charge in [-0.25, -0.2) is 4.39 Å². The Kier molecular flexibility index (Phi) is 32.3. The number of halogens is 1. The van der Waals surface area contributed by atoms with Gasteiger partial charge >= 0.3 is 0 Å². The second-order valence-electron chi connectivity index (χ2n) is 19.5. The van der Waals surface area contributed by atoms with Gasteiger partial charge in [-0.05, 0) is 107 Å². The Bertz CT molecular complexity index is 3320. The van der Waals surface area contributed by atoms with Crippen LogP contribution in [0.1, 0.15) is 100 Å². The molecule has 0 heterocycles.